The van der Waals surface area contributed by atoms with E-state index in [0.29, 0.717) is 11.3 Å². The van der Waals surface area contributed by atoms with E-state index in [9.17, 15) is 14.9 Å². The lowest BCUT2D eigenvalue weighted by Gasteiger charge is -2.07. The smallest absolute Gasteiger partial charge is 0.273 e. The zero-order valence-electron chi connectivity index (χ0n) is 11.4. The van der Waals surface area contributed by atoms with Gasteiger partial charge in [0, 0.05) is 11.8 Å². The molecule has 2 aromatic rings. The van der Waals surface area contributed by atoms with Crippen molar-refractivity contribution >= 4 is 17.3 Å². The van der Waals surface area contributed by atoms with Crippen LogP contribution in [0.2, 0.25) is 0 Å². The summed E-state index contributed by atoms with van der Waals surface area (Å²) in [6.07, 6.45) is 0. The van der Waals surface area contributed by atoms with Crippen molar-refractivity contribution in [3.05, 3.63) is 64.2 Å². The number of carbonyl (C=O) groups excluding carboxylic acids is 1. The molecule has 7 heteroatoms. The van der Waals surface area contributed by atoms with E-state index in [-0.39, 0.29) is 18.0 Å². The van der Waals surface area contributed by atoms with E-state index in [4.69, 9.17) is 10.00 Å². The number of hydrogen-bond acceptors (Lipinski definition) is 5. The molecule has 0 aliphatic rings. The molecule has 22 heavy (non-hydrogen) atoms. The van der Waals surface area contributed by atoms with Crippen molar-refractivity contribution in [1.82, 2.24) is 0 Å². The molecule has 0 spiro atoms. The van der Waals surface area contributed by atoms with E-state index >= 15 is 0 Å². The van der Waals surface area contributed by atoms with Crippen LogP contribution in [-0.4, -0.2) is 17.4 Å². The zero-order valence-corrected chi connectivity index (χ0v) is 11.4. The summed E-state index contributed by atoms with van der Waals surface area (Å²) in [6, 6.07) is 14.0. The summed E-state index contributed by atoms with van der Waals surface area (Å²) in [7, 11) is 0. The van der Waals surface area contributed by atoms with Crippen molar-refractivity contribution < 1.29 is 14.5 Å². The van der Waals surface area contributed by atoms with E-state index < -0.39 is 10.8 Å². The molecule has 1 N–H and O–H groups in total. The third-order valence-corrected chi connectivity index (χ3v) is 2.67. The van der Waals surface area contributed by atoms with E-state index in [0.717, 1.165) is 0 Å². The Morgan fingerprint density at radius 2 is 2.05 bits per heavy atom. The minimum absolute atomic E-state index is 0.111. The third-order valence-electron chi connectivity index (χ3n) is 2.67. The Morgan fingerprint density at radius 3 is 2.77 bits per heavy atom. The molecular formula is C15H11N3O4. The van der Waals surface area contributed by atoms with Gasteiger partial charge in [-0.3, -0.25) is 14.9 Å². The van der Waals surface area contributed by atoms with E-state index in [2.05, 4.69) is 5.32 Å². The molecule has 0 unspecified atom stereocenters. The molecule has 0 radical (unpaired) electrons. The fourth-order valence-corrected chi connectivity index (χ4v) is 1.70. The van der Waals surface area contributed by atoms with Gasteiger partial charge in [-0.05, 0) is 24.3 Å². The molecule has 110 valence electrons. The molecular weight excluding hydrogens is 286 g/mol. The van der Waals surface area contributed by atoms with Gasteiger partial charge in [-0.25, -0.2) is 0 Å². The van der Waals surface area contributed by atoms with E-state index in [1.807, 2.05) is 6.07 Å². The lowest BCUT2D eigenvalue weighted by molar-refractivity contribution is -0.384. The Hall–Kier alpha value is -3.40. The highest BCUT2D eigenvalue weighted by molar-refractivity contribution is 5.92. The molecule has 0 bridgehead atoms. The Labute approximate surface area is 125 Å². The number of amides is 1. The highest BCUT2D eigenvalue weighted by Crippen LogP contribution is 2.19. The van der Waals surface area contributed by atoms with Gasteiger partial charge in [-0.2, -0.15) is 5.26 Å². The minimum atomic E-state index is -0.541. The number of nitrogens with zero attached hydrogens (tertiary/aromatic N) is 2. The van der Waals surface area contributed by atoms with Gasteiger partial charge in [-0.1, -0.05) is 12.1 Å². The summed E-state index contributed by atoms with van der Waals surface area (Å²) in [5.41, 5.74) is 0.795. The fraction of sp³-hybridized carbons (Fsp3) is 0.0667. The molecule has 2 rings (SSSR count). The van der Waals surface area contributed by atoms with Crippen LogP contribution in [0.4, 0.5) is 11.4 Å². The first-order chi connectivity index (χ1) is 10.6. The predicted octanol–water partition coefficient (Wildman–Crippen LogP) is 2.48. The van der Waals surface area contributed by atoms with Crippen molar-refractivity contribution in [1.29, 1.82) is 5.26 Å². The zero-order chi connectivity index (χ0) is 15.9. The normalized spacial score (nSPS) is 9.59. The Bertz CT molecular complexity index is 752. The van der Waals surface area contributed by atoms with E-state index in [1.165, 1.54) is 30.3 Å². The summed E-state index contributed by atoms with van der Waals surface area (Å²) in [4.78, 5) is 21.8. The standard InChI is InChI=1S/C15H11N3O4/c16-9-11-3-1-4-12(7-11)17-15(19)10-22-14-6-2-5-13(8-14)18(20)21/h1-8H,10H2,(H,17,19). The van der Waals surface area contributed by atoms with Crippen LogP contribution in [0.3, 0.4) is 0 Å². The fourth-order valence-electron chi connectivity index (χ4n) is 1.70. The highest BCUT2D eigenvalue weighted by atomic mass is 16.6. The van der Waals surface area contributed by atoms with Crippen molar-refractivity contribution in [2.24, 2.45) is 0 Å². The molecule has 0 aliphatic carbocycles. The molecule has 0 aromatic heterocycles. The van der Waals surface area contributed by atoms with Crippen LogP contribution in [0.1, 0.15) is 5.56 Å². The van der Waals surface area contributed by atoms with Gasteiger partial charge in [0.25, 0.3) is 11.6 Å². The number of anilines is 1. The van der Waals surface area contributed by atoms with Gasteiger partial charge in [-0.15, -0.1) is 0 Å². The van der Waals surface area contributed by atoms with Crippen LogP contribution in [0.15, 0.2) is 48.5 Å². The lowest BCUT2D eigenvalue weighted by atomic mass is 10.2. The summed E-state index contributed by atoms with van der Waals surface area (Å²) in [5, 5.41) is 22.0. The molecule has 0 heterocycles. The van der Waals surface area contributed by atoms with Gasteiger partial charge >= 0.3 is 0 Å². The van der Waals surface area contributed by atoms with Gasteiger partial charge in [0.1, 0.15) is 5.75 Å². The highest BCUT2D eigenvalue weighted by Gasteiger charge is 2.08. The Morgan fingerprint density at radius 1 is 1.27 bits per heavy atom. The number of benzene rings is 2. The Balaban J connectivity index is 1.94. The maximum atomic E-state index is 11.8. The summed E-state index contributed by atoms with van der Waals surface area (Å²) >= 11 is 0. The number of nitro groups is 1. The summed E-state index contributed by atoms with van der Waals surface area (Å²) < 4.78 is 5.21. The molecule has 0 aliphatic heterocycles. The van der Waals surface area contributed by atoms with E-state index in [1.54, 1.807) is 18.2 Å². The molecule has 7 nitrogen and oxygen atoms in total. The summed E-state index contributed by atoms with van der Waals surface area (Å²) in [5.74, 6) is -0.197. The topological polar surface area (TPSA) is 105 Å². The minimum Gasteiger partial charge on any atom is -0.484 e. The van der Waals surface area contributed by atoms with Gasteiger partial charge in [0.2, 0.25) is 0 Å². The Kier molecular flexibility index (Phi) is 4.67. The van der Waals surface area contributed by atoms with Crippen molar-refractivity contribution in [2.45, 2.75) is 0 Å². The summed E-state index contributed by atoms with van der Waals surface area (Å²) in [6.45, 7) is -0.294. The number of non-ortho nitro benzene ring substituents is 1. The molecule has 0 saturated heterocycles. The average molecular weight is 297 g/mol. The molecule has 0 fully saturated rings. The molecule has 1 amide bonds. The molecule has 0 saturated carbocycles. The maximum Gasteiger partial charge on any atom is 0.273 e. The largest absolute Gasteiger partial charge is 0.484 e. The van der Waals surface area contributed by atoms with Crippen LogP contribution in [-0.2, 0) is 4.79 Å². The average Bonchev–Trinajstić information content (AvgIpc) is 2.53. The second-order valence-corrected chi connectivity index (χ2v) is 4.28. The number of nitro benzene ring substituents is 1. The quantitative estimate of drug-likeness (QED) is 0.674. The lowest BCUT2D eigenvalue weighted by Crippen LogP contribution is -2.20. The second kappa shape index (κ2) is 6.85. The molecule has 2 aromatic carbocycles. The number of nitrogens with one attached hydrogen (secondary N) is 1. The maximum absolute atomic E-state index is 11.8. The van der Waals surface area contributed by atoms with Gasteiger partial charge < -0.3 is 10.1 Å². The van der Waals surface area contributed by atoms with Crippen molar-refractivity contribution in [3.63, 3.8) is 0 Å². The number of hydrogen-bond donors (Lipinski definition) is 1. The van der Waals surface area contributed by atoms with Gasteiger partial charge in [0.15, 0.2) is 6.61 Å². The van der Waals surface area contributed by atoms with Crippen LogP contribution in [0.25, 0.3) is 0 Å². The molecule has 0 atom stereocenters. The first-order valence-corrected chi connectivity index (χ1v) is 6.26. The third kappa shape index (κ3) is 4.05. The van der Waals surface area contributed by atoms with Crippen LogP contribution >= 0.6 is 0 Å². The number of rotatable bonds is 5. The number of carbonyl (C=O) groups is 1. The first kappa shape index (κ1) is 15.0. The number of ether oxygens (including phenoxy) is 1. The SMILES string of the molecule is N#Cc1cccc(NC(=O)COc2cccc([N+](=O)[O-])c2)c1. The monoisotopic (exact) mass is 297 g/mol. The van der Waals surface area contributed by atoms with Crippen LogP contribution in [0, 0.1) is 21.4 Å². The van der Waals surface area contributed by atoms with Crippen LogP contribution in [0.5, 0.6) is 5.75 Å². The van der Waals surface area contributed by atoms with Crippen molar-refractivity contribution in [3.8, 4) is 11.8 Å². The second-order valence-electron chi connectivity index (χ2n) is 4.28. The predicted molar refractivity (Wildman–Crippen MR) is 78.4 cm³/mol. The van der Waals surface area contributed by atoms with Gasteiger partial charge in [0.05, 0.1) is 22.6 Å². The number of nitriles is 1. The van der Waals surface area contributed by atoms with Crippen LogP contribution < -0.4 is 10.1 Å². The van der Waals surface area contributed by atoms with Crippen molar-refractivity contribution in [2.75, 3.05) is 11.9 Å². The first-order valence-electron chi connectivity index (χ1n) is 6.26.